The predicted octanol–water partition coefficient (Wildman–Crippen LogP) is 1.48. The van der Waals surface area contributed by atoms with Crippen molar-refractivity contribution >= 4 is 0 Å². The monoisotopic (exact) mass is 241 g/mol. The van der Waals surface area contributed by atoms with E-state index in [-0.39, 0.29) is 12.4 Å². The highest BCUT2D eigenvalue weighted by molar-refractivity contribution is 5.18. The molecule has 0 aliphatic heterocycles. The van der Waals surface area contributed by atoms with E-state index in [1.165, 1.54) is 12.1 Å². The van der Waals surface area contributed by atoms with Gasteiger partial charge in [0, 0.05) is 13.5 Å². The summed E-state index contributed by atoms with van der Waals surface area (Å²) in [5, 5.41) is 10.4. The van der Waals surface area contributed by atoms with Gasteiger partial charge in [-0.05, 0) is 37.1 Å². The lowest BCUT2D eigenvalue weighted by Crippen LogP contribution is -2.37. The number of ether oxygens (including phenoxy) is 1. The van der Waals surface area contributed by atoms with Crippen LogP contribution in [0.4, 0.5) is 4.39 Å². The van der Waals surface area contributed by atoms with Crippen molar-refractivity contribution in [3.8, 4) is 0 Å². The molecule has 96 valence electrons. The average Bonchev–Trinajstić information content (AvgIpc) is 2.27. The standard InChI is InChI=1S/C13H20FNO2/c1-17-10-13(16,6-3-7-15)9-11-4-2-5-12(14)8-11/h2,4-5,8,16H,3,6-7,9-10,15H2,1H3. The number of benzene rings is 1. The van der Waals surface area contributed by atoms with Crippen molar-refractivity contribution in [2.24, 2.45) is 5.73 Å². The molecule has 0 aliphatic carbocycles. The Morgan fingerprint density at radius 3 is 2.82 bits per heavy atom. The van der Waals surface area contributed by atoms with E-state index in [0.29, 0.717) is 19.4 Å². The van der Waals surface area contributed by atoms with Crippen LogP contribution in [0.5, 0.6) is 0 Å². The van der Waals surface area contributed by atoms with Crippen molar-refractivity contribution in [3.05, 3.63) is 35.6 Å². The molecule has 0 amide bonds. The van der Waals surface area contributed by atoms with Crippen LogP contribution >= 0.6 is 0 Å². The molecule has 3 N–H and O–H groups in total. The molecule has 1 aromatic rings. The van der Waals surface area contributed by atoms with Crippen LogP contribution in [0, 0.1) is 5.82 Å². The molecule has 0 spiro atoms. The molecule has 0 radical (unpaired) electrons. The van der Waals surface area contributed by atoms with Gasteiger partial charge in [-0.2, -0.15) is 0 Å². The number of hydrogen-bond donors (Lipinski definition) is 2. The number of halogens is 1. The fourth-order valence-electron chi connectivity index (χ4n) is 1.94. The minimum atomic E-state index is -0.970. The van der Waals surface area contributed by atoms with E-state index >= 15 is 0 Å². The minimum Gasteiger partial charge on any atom is -0.387 e. The smallest absolute Gasteiger partial charge is 0.123 e. The first-order valence-corrected chi connectivity index (χ1v) is 5.75. The molecule has 0 aliphatic rings. The van der Waals surface area contributed by atoms with Gasteiger partial charge in [-0.15, -0.1) is 0 Å². The number of hydrogen-bond acceptors (Lipinski definition) is 3. The summed E-state index contributed by atoms with van der Waals surface area (Å²) < 4.78 is 18.1. The van der Waals surface area contributed by atoms with Gasteiger partial charge in [-0.25, -0.2) is 4.39 Å². The van der Waals surface area contributed by atoms with E-state index in [0.717, 1.165) is 12.0 Å². The van der Waals surface area contributed by atoms with Gasteiger partial charge in [-0.3, -0.25) is 0 Å². The maximum atomic E-state index is 13.0. The summed E-state index contributed by atoms with van der Waals surface area (Å²) in [4.78, 5) is 0. The van der Waals surface area contributed by atoms with Crippen LogP contribution in [-0.4, -0.2) is 31.0 Å². The van der Waals surface area contributed by atoms with E-state index in [2.05, 4.69) is 0 Å². The Kier molecular flexibility index (Phi) is 5.55. The summed E-state index contributed by atoms with van der Waals surface area (Å²) in [7, 11) is 1.54. The van der Waals surface area contributed by atoms with E-state index in [4.69, 9.17) is 10.5 Å². The van der Waals surface area contributed by atoms with Crippen LogP contribution in [0.2, 0.25) is 0 Å². The lowest BCUT2D eigenvalue weighted by Gasteiger charge is -2.27. The summed E-state index contributed by atoms with van der Waals surface area (Å²) in [5.41, 5.74) is 5.23. The number of rotatable bonds is 7. The topological polar surface area (TPSA) is 55.5 Å². The predicted molar refractivity (Wildman–Crippen MR) is 65.2 cm³/mol. The van der Waals surface area contributed by atoms with E-state index in [9.17, 15) is 9.50 Å². The fraction of sp³-hybridized carbons (Fsp3) is 0.538. The van der Waals surface area contributed by atoms with Gasteiger partial charge < -0.3 is 15.6 Å². The summed E-state index contributed by atoms with van der Waals surface area (Å²) in [6.07, 6.45) is 1.64. The Labute approximate surface area is 101 Å². The molecule has 1 atom stereocenters. The van der Waals surface area contributed by atoms with E-state index < -0.39 is 5.60 Å². The molecule has 1 aromatic carbocycles. The van der Waals surface area contributed by atoms with Gasteiger partial charge in [0.1, 0.15) is 5.82 Å². The molecule has 0 fully saturated rings. The van der Waals surface area contributed by atoms with Gasteiger partial charge in [0.2, 0.25) is 0 Å². The number of aliphatic hydroxyl groups is 1. The Morgan fingerprint density at radius 2 is 2.24 bits per heavy atom. The molecule has 0 heterocycles. The zero-order chi connectivity index (χ0) is 12.7. The molecule has 0 saturated carbocycles. The van der Waals surface area contributed by atoms with Crippen molar-refractivity contribution in [2.45, 2.75) is 24.9 Å². The second-order valence-corrected chi connectivity index (χ2v) is 4.36. The zero-order valence-corrected chi connectivity index (χ0v) is 10.2. The molecule has 4 heteroatoms. The number of nitrogens with two attached hydrogens (primary N) is 1. The third kappa shape index (κ3) is 4.81. The lowest BCUT2D eigenvalue weighted by atomic mass is 9.90. The highest BCUT2D eigenvalue weighted by Gasteiger charge is 2.26. The average molecular weight is 241 g/mol. The van der Waals surface area contributed by atoms with Crippen LogP contribution in [-0.2, 0) is 11.2 Å². The maximum absolute atomic E-state index is 13.0. The van der Waals surface area contributed by atoms with Crippen LogP contribution in [0.1, 0.15) is 18.4 Å². The number of methoxy groups -OCH3 is 1. The first-order valence-electron chi connectivity index (χ1n) is 5.75. The largest absolute Gasteiger partial charge is 0.387 e. The molecular weight excluding hydrogens is 221 g/mol. The minimum absolute atomic E-state index is 0.226. The highest BCUT2D eigenvalue weighted by atomic mass is 19.1. The van der Waals surface area contributed by atoms with Crippen molar-refractivity contribution < 1.29 is 14.2 Å². The molecule has 3 nitrogen and oxygen atoms in total. The first-order chi connectivity index (χ1) is 8.09. The quantitative estimate of drug-likeness (QED) is 0.760. The Hall–Kier alpha value is -0.970. The van der Waals surface area contributed by atoms with Crippen molar-refractivity contribution in [1.82, 2.24) is 0 Å². The van der Waals surface area contributed by atoms with Crippen LogP contribution in [0.3, 0.4) is 0 Å². The highest BCUT2D eigenvalue weighted by Crippen LogP contribution is 2.20. The lowest BCUT2D eigenvalue weighted by molar-refractivity contribution is -0.0375. The van der Waals surface area contributed by atoms with Crippen LogP contribution < -0.4 is 5.73 Å². The Balaban J connectivity index is 2.71. The van der Waals surface area contributed by atoms with Gasteiger partial charge in [0.15, 0.2) is 0 Å². The second-order valence-electron chi connectivity index (χ2n) is 4.36. The third-order valence-corrected chi connectivity index (χ3v) is 2.68. The van der Waals surface area contributed by atoms with E-state index in [1.807, 2.05) is 0 Å². The summed E-state index contributed by atoms with van der Waals surface area (Å²) in [6.45, 7) is 0.749. The van der Waals surface area contributed by atoms with Gasteiger partial charge >= 0.3 is 0 Å². The second kappa shape index (κ2) is 6.69. The van der Waals surface area contributed by atoms with Crippen molar-refractivity contribution in [1.29, 1.82) is 0 Å². The van der Waals surface area contributed by atoms with Gasteiger partial charge in [0.05, 0.1) is 12.2 Å². The third-order valence-electron chi connectivity index (χ3n) is 2.68. The molecule has 0 bridgehead atoms. The molecule has 0 saturated heterocycles. The summed E-state index contributed by atoms with van der Waals surface area (Å²) in [6, 6.07) is 6.26. The maximum Gasteiger partial charge on any atom is 0.123 e. The Bertz CT molecular complexity index is 346. The normalized spacial score (nSPS) is 14.6. The van der Waals surface area contributed by atoms with Crippen molar-refractivity contribution in [3.63, 3.8) is 0 Å². The molecule has 17 heavy (non-hydrogen) atoms. The van der Waals surface area contributed by atoms with Crippen LogP contribution in [0.15, 0.2) is 24.3 Å². The summed E-state index contributed by atoms with van der Waals surface area (Å²) >= 11 is 0. The SMILES string of the molecule is COCC(O)(CCCN)Cc1cccc(F)c1. The van der Waals surface area contributed by atoms with Gasteiger partial charge in [0.25, 0.3) is 0 Å². The molecule has 1 rings (SSSR count). The molecular formula is C13H20FNO2. The zero-order valence-electron chi connectivity index (χ0n) is 10.2. The molecule has 1 unspecified atom stereocenters. The van der Waals surface area contributed by atoms with E-state index in [1.54, 1.807) is 19.2 Å². The first kappa shape index (κ1) is 14.1. The Morgan fingerprint density at radius 1 is 1.47 bits per heavy atom. The summed E-state index contributed by atoms with van der Waals surface area (Å²) in [5.74, 6) is -0.291. The van der Waals surface area contributed by atoms with Crippen molar-refractivity contribution in [2.75, 3.05) is 20.3 Å². The fourth-order valence-corrected chi connectivity index (χ4v) is 1.94. The van der Waals surface area contributed by atoms with Gasteiger partial charge in [-0.1, -0.05) is 12.1 Å². The molecule has 0 aromatic heterocycles. The van der Waals surface area contributed by atoms with Crippen LogP contribution in [0.25, 0.3) is 0 Å².